The molecule has 18 heavy (non-hydrogen) atoms. The van der Waals surface area contributed by atoms with E-state index in [2.05, 4.69) is 22.5 Å². The molecule has 2 aliphatic rings. The molecule has 2 aliphatic carbocycles. The molecule has 0 atom stereocenters. The minimum atomic E-state index is 0.854. The predicted octanol–water partition coefficient (Wildman–Crippen LogP) is 2.78. The van der Waals surface area contributed by atoms with E-state index in [-0.39, 0.29) is 0 Å². The van der Waals surface area contributed by atoms with Crippen molar-refractivity contribution in [3.63, 3.8) is 0 Å². The molecule has 0 amide bonds. The summed E-state index contributed by atoms with van der Waals surface area (Å²) < 4.78 is 0. The van der Waals surface area contributed by atoms with Crippen LogP contribution >= 0.6 is 0 Å². The van der Waals surface area contributed by atoms with Crippen molar-refractivity contribution in [2.45, 2.75) is 51.9 Å². The summed E-state index contributed by atoms with van der Waals surface area (Å²) in [5.41, 5.74) is 0. The molecule has 0 aromatic heterocycles. The summed E-state index contributed by atoms with van der Waals surface area (Å²) in [6.07, 6.45) is 9.80. The molecule has 0 aromatic carbocycles. The monoisotopic (exact) mass is 251 g/mol. The molecule has 0 radical (unpaired) electrons. The van der Waals surface area contributed by atoms with Gasteiger partial charge in [-0.05, 0) is 43.4 Å². The third-order valence-corrected chi connectivity index (χ3v) is 4.58. The Morgan fingerprint density at radius 1 is 0.889 bits per heavy atom. The second kappa shape index (κ2) is 7.01. The maximum absolute atomic E-state index is 4.30. The van der Waals surface area contributed by atoms with Gasteiger partial charge in [0.25, 0.3) is 0 Å². The SMILES string of the molecule is CCC1CCC(CNC(=NC)NCC2CC2)CC1. The highest BCUT2D eigenvalue weighted by Gasteiger charge is 2.22. The average molecular weight is 251 g/mol. The molecular weight excluding hydrogens is 222 g/mol. The molecule has 0 saturated heterocycles. The Morgan fingerprint density at radius 2 is 1.33 bits per heavy atom. The van der Waals surface area contributed by atoms with Gasteiger partial charge in [0, 0.05) is 20.1 Å². The Balaban J connectivity index is 1.60. The highest BCUT2D eigenvalue weighted by molar-refractivity contribution is 5.79. The maximum Gasteiger partial charge on any atom is 0.190 e. The van der Waals surface area contributed by atoms with Crippen LogP contribution in [0.5, 0.6) is 0 Å². The summed E-state index contributed by atoms with van der Waals surface area (Å²) in [6, 6.07) is 0. The van der Waals surface area contributed by atoms with Gasteiger partial charge in [-0.3, -0.25) is 4.99 Å². The second-order valence-corrected chi connectivity index (χ2v) is 6.07. The normalized spacial score (nSPS) is 29.1. The van der Waals surface area contributed by atoms with Crippen LogP contribution in [0.15, 0.2) is 4.99 Å². The van der Waals surface area contributed by atoms with Crippen LogP contribution in [0.2, 0.25) is 0 Å². The number of aliphatic imine (C=N–C) groups is 1. The first-order chi connectivity index (χ1) is 8.81. The van der Waals surface area contributed by atoms with Gasteiger partial charge in [0.05, 0.1) is 0 Å². The summed E-state index contributed by atoms with van der Waals surface area (Å²) in [5, 5.41) is 6.92. The largest absolute Gasteiger partial charge is 0.356 e. The minimum absolute atomic E-state index is 0.854. The van der Waals surface area contributed by atoms with Gasteiger partial charge in [-0.15, -0.1) is 0 Å². The van der Waals surface area contributed by atoms with Crippen LogP contribution < -0.4 is 10.6 Å². The Labute approximate surface area is 112 Å². The van der Waals surface area contributed by atoms with Gasteiger partial charge in [0.2, 0.25) is 0 Å². The molecule has 104 valence electrons. The topological polar surface area (TPSA) is 36.4 Å². The van der Waals surface area contributed by atoms with E-state index in [0.29, 0.717) is 0 Å². The zero-order chi connectivity index (χ0) is 12.8. The molecule has 0 spiro atoms. The zero-order valence-electron chi connectivity index (χ0n) is 12.0. The molecule has 0 heterocycles. The molecule has 0 unspecified atom stereocenters. The number of nitrogens with zero attached hydrogens (tertiary/aromatic N) is 1. The van der Waals surface area contributed by atoms with Gasteiger partial charge >= 0.3 is 0 Å². The number of hydrogen-bond donors (Lipinski definition) is 2. The van der Waals surface area contributed by atoms with Gasteiger partial charge < -0.3 is 10.6 Å². The number of rotatable bonds is 5. The molecule has 0 aromatic rings. The summed E-state index contributed by atoms with van der Waals surface area (Å²) in [5.74, 6) is 3.75. The van der Waals surface area contributed by atoms with Crippen LogP contribution in [0.3, 0.4) is 0 Å². The fourth-order valence-electron chi connectivity index (χ4n) is 2.87. The van der Waals surface area contributed by atoms with E-state index in [1.54, 1.807) is 0 Å². The lowest BCUT2D eigenvalue weighted by atomic mass is 9.81. The van der Waals surface area contributed by atoms with Gasteiger partial charge in [-0.1, -0.05) is 26.2 Å². The van der Waals surface area contributed by atoms with E-state index >= 15 is 0 Å². The molecule has 0 aliphatic heterocycles. The van der Waals surface area contributed by atoms with Crippen molar-refractivity contribution in [3.8, 4) is 0 Å². The fraction of sp³-hybridized carbons (Fsp3) is 0.933. The number of hydrogen-bond acceptors (Lipinski definition) is 1. The Kier molecular flexibility index (Phi) is 5.33. The van der Waals surface area contributed by atoms with Crippen LogP contribution in [0.25, 0.3) is 0 Å². The highest BCUT2D eigenvalue weighted by atomic mass is 15.2. The summed E-state index contributed by atoms with van der Waals surface area (Å²) in [7, 11) is 1.87. The fourth-order valence-corrected chi connectivity index (χ4v) is 2.87. The Morgan fingerprint density at radius 3 is 1.72 bits per heavy atom. The van der Waals surface area contributed by atoms with Crippen LogP contribution in [0.4, 0.5) is 0 Å². The molecule has 2 fully saturated rings. The van der Waals surface area contributed by atoms with Crippen molar-refractivity contribution in [1.82, 2.24) is 10.6 Å². The van der Waals surface area contributed by atoms with Crippen LogP contribution in [-0.2, 0) is 0 Å². The highest BCUT2D eigenvalue weighted by Crippen LogP contribution is 2.30. The predicted molar refractivity (Wildman–Crippen MR) is 77.8 cm³/mol. The van der Waals surface area contributed by atoms with Gasteiger partial charge in [0.1, 0.15) is 0 Å². The zero-order valence-corrected chi connectivity index (χ0v) is 12.0. The van der Waals surface area contributed by atoms with E-state index in [1.165, 1.54) is 44.9 Å². The summed E-state index contributed by atoms with van der Waals surface area (Å²) in [4.78, 5) is 4.30. The maximum atomic E-state index is 4.30. The third-order valence-electron chi connectivity index (χ3n) is 4.58. The van der Waals surface area contributed by atoms with E-state index in [1.807, 2.05) is 7.05 Å². The van der Waals surface area contributed by atoms with E-state index in [9.17, 15) is 0 Å². The first-order valence-corrected chi connectivity index (χ1v) is 7.76. The lowest BCUT2D eigenvalue weighted by molar-refractivity contribution is 0.269. The number of nitrogens with one attached hydrogen (secondary N) is 2. The van der Waals surface area contributed by atoms with Crippen molar-refractivity contribution in [1.29, 1.82) is 0 Å². The molecule has 2 N–H and O–H groups in total. The first-order valence-electron chi connectivity index (χ1n) is 7.76. The number of guanidine groups is 1. The Bertz CT molecular complexity index is 263. The van der Waals surface area contributed by atoms with E-state index in [4.69, 9.17) is 0 Å². The quantitative estimate of drug-likeness (QED) is 0.582. The minimum Gasteiger partial charge on any atom is -0.356 e. The third kappa shape index (κ3) is 4.51. The molecule has 3 heteroatoms. The average Bonchev–Trinajstić information content (AvgIpc) is 3.24. The summed E-state index contributed by atoms with van der Waals surface area (Å²) in [6.45, 7) is 4.52. The molecular formula is C15H29N3. The van der Waals surface area contributed by atoms with Crippen LogP contribution in [-0.4, -0.2) is 26.1 Å². The van der Waals surface area contributed by atoms with Crippen molar-refractivity contribution >= 4 is 5.96 Å². The van der Waals surface area contributed by atoms with Crippen molar-refractivity contribution in [2.75, 3.05) is 20.1 Å². The van der Waals surface area contributed by atoms with Gasteiger partial charge in [-0.25, -0.2) is 0 Å². The van der Waals surface area contributed by atoms with Crippen molar-refractivity contribution in [3.05, 3.63) is 0 Å². The van der Waals surface area contributed by atoms with Crippen molar-refractivity contribution in [2.24, 2.45) is 22.7 Å². The lowest BCUT2D eigenvalue weighted by Crippen LogP contribution is -2.41. The van der Waals surface area contributed by atoms with Crippen LogP contribution in [0.1, 0.15) is 51.9 Å². The Hall–Kier alpha value is -0.730. The smallest absolute Gasteiger partial charge is 0.190 e. The van der Waals surface area contributed by atoms with Gasteiger partial charge in [0.15, 0.2) is 5.96 Å². The molecule has 0 bridgehead atoms. The van der Waals surface area contributed by atoms with E-state index in [0.717, 1.165) is 36.8 Å². The first kappa shape index (κ1) is 13.7. The summed E-state index contributed by atoms with van der Waals surface area (Å²) >= 11 is 0. The van der Waals surface area contributed by atoms with Gasteiger partial charge in [-0.2, -0.15) is 0 Å². The van der Waals surface area contributed by atoms with E-state index < -0.39 is 0 Å². The van der Waals surface area contributed by atoms with Crippen LogP contribution in [0, 0.1) is 17.8 Å². The lowest BCUT2D eigenvalue weighted by Gasteiger charge is -2.28. The van der Waals surface area contributed by atoms with Crippen molar-refractivity contribution < 1.29 is 0 Å². The second-order valence-electron chi connectivity index (χ2n) is 6.07. The molecule has 2 rings (SSSR count). The standard InChI is InChI=1S/C15H29N3/c1-3-12-4-6-13(7-5-12)10-17-15(16-2)18-11-14-8-9-14/h12-14H,3-11H2,1-2H3,(H2,16,17,18). The molecule has 3 nitrogen and oxygen atoms in total. The molecule has 2 saturated carbocycles.